The summed E-state index contributed by atoms with van der Waals surface area (Å²) in [5, 5.41) is 0. The van der Waals surface area contributed by atoms with E-state index in [0.717, 1.165) is 38.9 Å². The van der Waals surface area contributed by atoms with Gasteiger partial charge in [-0.1, -0.05) is 18.6 Å². The summed E-state index contributed by atoms with van der Waals surface area (Å²) in [4.78, 5) is 21.9. The van der Waals surface area contributed by atoms with Crippen molar-refractivity contribution in [1.82, 2.24) is 14.8 Å². The van der Waals surface area contributed by atoms with Crippen molar-refractivity contribution < 1.29 is 4.79 Å². The van der Waals surface area contributed by atoms with E-state index in [1.807, 2.05) is 12.4 Å². The Morgan fingerprint density at radius 3 is 2.58 bits per heavy atom. The topological polar surface area (TPSA) is 36.4 Å². The number of amides is 1. The Bertz CT molecular complexity index is 880. The molecule has 166 valence electrons. The lowest BCUT2D eigenvalue weighted by molar-refractivity contribution is -0.130. The Hall–Kier alpha value is -2.20. The number of benzene rings is 1. The monoisotopic (exact) mass is 419 g/mol. The molecule has 1 amide bonds. The van der Waals surface area contributed by atoms with E-state index in [-0.39, 0.29) is 0 Å². The number of carbonyl (C=O) groups is 1. The van der Waals surface area contributed by atoms with E-state index in [1.54, 1.807) is 0 Å². The summed E-state index contributed by atoms with van der Waals surface area (Å²) in [5.74, 6) is 0.307. The first-order valence-electron chi connectivity index (χ1n) is 12.1. The van der Waals surface area contributed by atoms with E-state index in [9.17, 15) is 4.79 Å². The Morgan fingerprint density at radius 1 is 1.00 bits per heavy atom. The van der Waals surface area contributed by atoms with E-state index < -0.39 is 0 Å². The van der Waals surface area contributed by atoms with Crippen LogP contribution in [0.3, 0.4) is 0 Å². The van der Waals surface area contributed by atoms with Crippen molar-refractivity contribution in [1.29, 1.82) is 0 Å². The van der Waals surface area contributed by atoms with Gasteiger partial charge in [0.25, 0.3) is 0 Å². The van der Waals surface area contributed by atoms with Crippen LogP contribution in [0.4, 0.5) is 0 Å². The van der Waals surface area contributed by atoms with Crippen LogP contribution in [0.1, 0.15) is 59.9 Å². The molecule has 1 aromatic heterocycles. The predicted molar refractivity (Wildman–Crippen MR) is 126 cm³/mol. The van der Waals surface area contributed by atoms with Gasteiger partial charge < -0.3 is 9.80 Å². The van der Waals surface area contributed by atoms with Crippen LogP contribution in [-0.4, -0.2) is 52.9 Å². The first kappa shape index (κ1) is 22.0. The van der Waals surface area contributed by atoms with E-state index >= 15 is 0 Å². The maximum absolute atomic E-state index is 13.0. The molecule has 1 saturated heterocycles. The summed E-state index contributed by atoms with van der Waals surface area (Å²) in [7, 11) is 0. The van der Waals surface area contributed by atoms with Crippen molar-refractivity contribution in [3.8, 4) is 0 Å². The largest absolute Gasteiger partial charge is 0.342 e. The van der Waals surface area contributed by atoms with Crippen LogP contribution in [0.2, 0.25) is 0 Å². The van der Waals surface area contributed by atoms with Crippen LogP contribution in [0.5, 0.6) is 0 Å². The third-order valence-electron chi connectivity index (χ3n) is 7.30. The second-order valence-electron chi connectivity index (χ2n) is 9.45. The third kappa shape index (κ3) is 5.74. The minimum Gasteiger partial charge on any atom is -0.342 e. The van der Waals surface area contributed by atoms with Crippen LogP contribution in [0, 0.1) is 13.8 Å². The van der Waals surface area contributed by atoms with Crippen LogP contribution >= 0.6 is 0 Å². The zero-order chi connectivity index (χ0) is 21.6. The van der Waals surface area contributed by atoms with E-state index in [4.69, 9.17) is 0 Å². The molecule has 1 atom stereocenters. The van der Waals surface area contributed by atoms with Gasteiger partial charge in [-0.05, 0) is 105 Å². The summed E-state index contributed by atoms with van der Waals surface area (Å²) in [6.07, 6.45) is 12.7. The SMILES string of the molecule is Cc1cc2c(cc1C)CC(=O)N(CCC1CCCCN1CCCc1ccncc1)CC2. The number of likely N-dealkylation sites (tertiary alicyclic amines) is 1. The fourth-order valence-electron chi connectivity index (χ4n) is 5.25. The molecule has 4 nitrogen and oxygen atoms in total. The number of aryl methyl sites for hydroxylation is 3. The summed E-state index contributed by atoms with van der Waals surface area (Å²) in [6.45, 7) is 8.45. The average molecular weight is 420 g/mol. The quantitative estimate of drug-likeness (QED) is 0.663. The average Bonchev–Trinajstić information content (AvgIpc) is 2.92. The van der Waals surface area contributed by atoms with E-state index in [0.29, 0.717) is 18.4 Å². The highest BCUT2D eigenvalue weighted by atomic mass is 16.2. The van der Waals surface area contributed by atoms with Gasteiger partial charge >= 0.3 is 0 Å². The highest BCUT2D eigenvalue weighted by Crippen LogP contribution is 2.24. The Labute approximate surface area is 187 Å². The van der Waals surface area contributed by atoms with Crippen molar-refractivity contribution >= 4 is 5.91 Å². The summed E-state index contributed by atoms with van der Waals surface area (Å²) >= 11 is 0. The highest BCUT2D eigenvalue weighted by Gasteiger charge is 2.25. The first-order valence-corrected chi connectivity index (χ1v) is 12.1. The fourth-order valence-corrected chi connectivity index (χ4v) is 5.25. The van der Waals surface area contributed by atoms with Crippen molar-refractivity contribution in [2.45, 2.75) is 71.3 Å². The maximum atomic E-state index is 13.0. The molecule has 31 heavy (non-hydrogen) atoms. The highest BCUT2D eigenvalue weighted by molar-refractivity contribution is 5.80. The molecule has 3 heterocycles. The standard InChI is InChI=1S/C27H37N3O/c1-21-18-24-10-16-30(27(31)20-25(24)19-22(21)2)17-11-26-7-3-4-14-29(26)15-5-6-23-8-12-28-13-9-23/h8-9,12-13,18-19,26H,3-7,10-11,14-17,20H2,1-2H3. The van der Waals surface area contributed by atoms with Crippen LogP contribution in [-0.2, 0) is 24.1 Å². The molecule has 2 aliphatic heterocycles. The zero-order valence-corrected chi connectivity index (χ0v) is 19.3. The molecule has 2 aliphatic rings. The van der Waals surface area contributed by atoms with Crippen molar-refractivity contribution in [3.05, 3.63) is 64.5 Å². The molecule has 0 spiro atoms. The molecule has 0 N–H and O–H groups in total. The molecule has 1 fully saturated rings. The second-order valence-corrected chi connectivity index (χ2v) is 9.45. The molecule has 4 heteroatoms. The number of nitrogens with zero attached hydrogens (tertiary/aromatic N) is 3. The van der Waals surface area contributed by atoms with Gasteiger partial charge in [0.05, 0.1) is 6.42 Å². The van der Waals surface area contributed by atoms with Crippen molar-refractivity contribution in [2.24, 2.45) is 0 Å². The number of hydrogen-bond acceptors (Lipinski definition) is 3. The number of fused-ring (bicyclic) bond motifs is 1. The van der Waals surface area contributed by atoms with E-state index in [1.165, 1.54) is 60.0 Å². The van der Waals surface area contributed by atoms with Gasteiger partial charge in [0.1, 0.15) is 0 Å². The fraction of sp³-hybridized carbons (Fsp3) is 0.556. The smallest absolute Gasteiger partial charge is 0.227 e. The van der Waals surface area contributed by atoms with Gasteiger partial charge in [-0.25, -0.2) is 0 Å². The number of aromatic nitrogens is 1. The lowest BCUT2D eigenvalue weighted by Crippen LogP contribution is -2.43. The van der Waals surface area contributed by atoms with Crippen LogP contribution in [0.15, 0.2) is 36.7 Å². The Balaban J connectivity index is 1.30. The van der Waals surface area contributed by atoms with Gasteiger partial charge in [-0.15, -0.1) is 0 Å². The molecule has 0 aliphatic carbocycles. The molecular formula is C27H37N3O. The molecule has 0 saturated carbocycles. The number of pyridine rings is 1. The van der Waals surface area contributed by atoms with E-state index in [2.05, 4.69) is 52.9 Å². The number of piperidine rings is 1. The number of rotatable bonds is 7. The van der Waals surface area contributed by atoms with Crippen molar-refractivity contribution in [3.63, 3.8) is 0 Å². The minimum absolute atomic E-state index is 0.307. The molecule has 0 bridgehead atoms. The zero-order valence-electron chi connectivity index (χ0n) is 19.3. The lowest BCUT2D eigenvalue weighted by Gasteiger charge is -2.37. The Morgan fingerprint density at radius 2 is 1.77 bits per heavy atom. The van der Waals surface area contributed by atoms with Gasteiger partial charge in [0.2, 0.25) is 5.91 Å². The third-order valence-corrected chi connectivity index (χ3v) is 7.30. The Kier molecular flexibility index (Phi) is 7.39. The second kappa shape index (κ2) is 10.4. The summed E-state index contributed by atoms with van der Waals surface area (Å²) in [6, 6.07) is 9.40. The van der Waals surface area contributed by atoms with Gasteiger partial charge in [0, 0.05) is 31.5 Å². The first-order chi connectivity index (χ1) is 15.1. The predicted octanol–water partition coefficient (Wildman–Crippen LogP) is 4.50. The number of hydrogen-bond donors (Lipinski definition) is 0. The molecule has 2 aromatic rings. The summed E-state index contributed by atoms with van der Waals surface area (Å²) < 4.78 is 0. The molecule has 1 unspecified atom stereocenters. The molecule has 4 rings (SSSR count). The van der Waals surface area contributed by atoms with Crippen LogP contribution < -0.4 is 0 Å². The number of carbonyl (C=O) groups excluding carboxylic acids is 1. The normalized spacial score (nSPS) is 19.9. The van der Waals surface area contributed by atoms with Crippen molar-refractivity contribution in [2.75, 3.05) is 26.2 Å². The van der Waals surface area contributed by atoms with Gasteiger partial charge in [0.15, 0.2) is 0 Å². The molecular weight excluding hydrogens is 382 g/mol. The maximum Gasteiger partial charge on any atom is 0.227 e. The van der Waals surface area contributed by atoms with Crippen LogP contribution in [0.25, 0.3) is 0 Å². The molecule has 0 radical (unpaired) electrons. The van der Waals surface area contributed by atoms with Gasteiger partial charge in [-0.2, -0.15) is 0 Å². The van der Waals surface area contributed by atoms with Gasteiger partial charge in [-0.3, -0.25) is 9.78 Å². The molecule has 1 aromatic carbocycles. The summed E-state index contributed by atoms with van der Waals surface area (Å²) in [5.41, 5.74) is 6.62. The lowest BCUT2D eigenvalue weighted by atomic mass is 9.97. The minimum atomic E-state index is 0.307.